The molecule has 2 aliphatic heterocycles. The molecule has 5 nitrogen and oxygen atoms in total. The molecule has 5 atom stereocenters. The third-order valence-corrected chi connectivity index (χ3v) is 3.36. The molecule has 3 rings (SSSR count). The number of aliphatic hydroxyl groups excluding tert-OH is 1. The molecule has 1 N–H and O–H groups in total. The summed E-state index contributed by atoms with van der Waals surface area (Å²) in [6.45, 7) is 3.72. The van der Waals surface area contributed by atoms with E-state index in [0.29, 0.717) is 6.42 Å². The molecule has 0 radical (unpaired) electrons. The lowest BCUT2D eigenvalue weighted by Crippen LogP contribution is -2.34. The van der Waals surface area contributed by atoms with E-state index in [-0.39, 0.29) is 12.2 Å². The predicted molar refractivity (Wildman–Crippen MR) is 49.1 cm³/mol. The van der Waals surface area contributed by atoms with Gasteiger partial charge in [0.25, 0.3) is 0 Å². The molecular formula is C10H16O5. The SMILES string of the molecule is COC1O[C@]2(C[C@@H]2O)C2OC(C)(C)OC12. The molecule has 3 fully saturated rings. The van der Waals surface area contributed by atoms with Crippen LogP contribution < -0.4 is 0 Å². The van der Waals surface area contributed by atoms with Crippen LogP contribution in [0, 0.1) is 0 Å². The van der Waals surface area contributed by atoms with E-state index in [9.17, 15) is 5.11 Å². The number of methoxy groups -OCH3 is 1. The van der Waals surface area contributed by atoms with E-state index < -0.39 is 23.8 Å². The van der Waals surface area contributed by atoms with Crippen molar-refractivity contribution in [2.45, 2.75) is 56.3 Å². The Morgan fingerprint density at radius 2 is 1.93 bits per heavy atom. The Labute approximate surface area is 88.3 Å². The largest absolute Gasteiger partial charge is 0.390 e. The molecule has 3 aliphatic rings. The molecule has 0 aromatic carbocycles. The maximum absolute atomic E-state index is 9.63. The summed E-state index contributed by atoms with van der Waals surface area (Å²) in [6, 6.07) is 0. The molecule has 0 amide bonds. The third-order valence-electron chi connectivity index (χ3n) is 3.36. The highest BCUT2D eigenvalue weighted by atomic mass is 16.8. The van der Waals surface area contributed by atoms with Crippen LogP contribution in [-0.4, -0.2) is 48.2 Å². The minimum atomic E-state index is -0.620. The van der Waals surface area contributed by atoms with E-state index in [4.69, 9.17) is 18.9 Å². The maximum atomic E-state index is 9.63. The first kappa shape index (κ1) is 9.99. The standard InChI is InChI=1S/C10H16O5/c1-9(2)13-6-7(14-9)10(4-5(10)11)15-8(6)12-3/h5-8,11H,4H2,1-3H3/t5-,6?,7?,8?,10-/m0/s1. The molecule has 0 bridgehead atoms. The van der Waals surface area contributed by atoms with Crippen LogP contribution in [0.4, 0.5) is 0 Å². The Morgan fingerprint density at radius 1 is 1.27 bits per heavy atom. The normalized spacial score (nSPS) is 56.0. The lowest BCUT2D eigenvalue weighted by atomic mass is 10.1. The summed E-state index contributed by atoms with van der Waals surface area (Å²) in [7, 11) is 1.57. The number of hydrogen-bond donors (Lipinski definition) is 1. The van der Waals surface area contributed by atoms with Crippen molar-refractivity contribution in [1.82, 2.24) is 0 Å². The zero-order valence-electron chi connectivity index (χ0n) is 9.10. The Balaban J connectivity index is 1.88. The summed E-state index contributed by atoms with van der Waals surface area (Å²) in [5.74, 6) is -0.620. The zero-order chi connectivity index (χ0) is 10.8. The second-order valence-corrected chi connectivity index (χ2v) is 4.92. The van der Waals surface area contributed by atoms with Crippen LogP contribution in [0.5, 0.6) is 0 Å². The van der Waals surface area contributed by atoms with Gasteiger partial charge in [0, 0.05) is 13.5 Å². The van der Waals surface area contributed by atoms with Crippen molar-refractivity contribution < 1.29 is 24.1 Å². The van der Waals surface area contributed by atoms with Crippen molar-refractivity contribution in [3.05, 3.63) is 0 Å². The van der Waals surface area contributed by atoms with Gasteiger partial charge in [0.1, 0.15) is 17.8 Å². The molecule has 2 heterocycles. The van der Waals surface area contributed by atoms with Gasteiger partial charge in [0.2, 0.25) is 0 Å². The number of fused-ring (bicyclic) bond motifs is 2. The second-order valence-electron chi connectivity index (χ2n) is 4.92. The number of ether oxygens (including phenoxy) is 4. The summed E-state index contributed by atoms with van der Waals surface area (Å²) in [5, 5.41) is 9.63. The predicted octanol–water partition coefficient (Wildman–Crippen LogP) is 0.0126. The topological polar surface area (TPSA) is 57.2 Å². The highest BCUT2D eigenvalue weighted by Crippen LogP contribution is 2.56. The van der Waals surface area contributed by atoms with E-state index in [1.165, 1.54) is 0 Å². The molecule has 5 heteroatoms. The highest BCUT2D eigenvalue weighted by Gasteiger charge is 2.73. The fourth-order valence-corrected chi connectivity index (χ4v) is 2.57. The maximum Gasteiger partial charge on any atom is 0.187 e. The molecule has 15 heavy (non-hydrogen) atoms. The van der Waals surface area contributed by atoms with E-state index >= 15 is 0 Å². The summed E-state index contributed by atoms with van der Waals surface area (Å²) in [4.78, 5) is 0. The third kappa shape index (κ3) is 1.21. The van der Waals surface area contributed by atoms with Crippen molar-refractivity contribution in [1.29, 1.82) is 0 Å². The van der Waals surface area contributed by atoms with Gasteiger partial charge in [0.15, 0.2) is 12.1 Å². The molecular weight excluding hydrogens is 200 g/mol. The van der Waals surface area contributed by atoms with E-state index in [1.54, 1.807) is 7.11 Å². The number of aliphatic hydroxyl groups is 1. The number of rotatable bonds is 1. The fourth-order valence-electron chi connectivity index (χ4n) is 2.57. The van der Waals surface area contributed by atoms with Crippen molar-refractivity contribution in [2.75, 3.05) is 7.11 Å². The summed E-state index contributed by atoms with van der Waals surface area (Å²) >= 11 is 0. The Kier molecular flexibility index (Phi) is 1.81. The van der Waals surface area contributed by atoms with E-state index in [1.807, 2.05) is 13.8 Å². The van der Waals surface area contributed by atoms with E-state index in [0.717, 1.165) is 0 Å². The average Bonchev–Trinajstić information content (AvgIpc) is 2.53. The molecule has 1 aliphatic carbocycles. The van der Waals surface area contributed by atoms with Crippen molar-refractivity contribution in [3.63, 3.8) is 0 Å². The van der Waals surface area contributed by atoms with Gasteiger partial charge in [0.05, 0.1) is 6.10 Å². The highest BCUT2D eigenvalue weighted by molar-refractivity contribution is 5.19. The average molecular weight is 216 g/mol. The van der Waals surface area contributed by atoms with Crippen molar-refractivity contribution in [3.8, 4) is 0 Å². The Hall–Kier alpha value is -0.200. The molecule has 0 aromatic heterocycles. The quantitative estimate of drug-likeness (QED) is 0.669. The number of hydrogen-bond acceptors (Lipinski definition) is 5. The van der Waals surface area contributed by atoms with Gasteiger partial charge in [-0.15, -0.1) is 0 Å². The van der Waals surface area contributed by atoms with Crippen LogP contribution in [0.3, 0.4) is 0 Å². The molecule has 1 saturated carbocycles. The lowest BCUT2D eigenvalue weighted by molar-refractivity contribution is -0.236. The molecule has 1 spiro atoms. The van der Waals surface area contributed by atoms with Crippen LogP contribution in [-0.2, 0) is 18.9 Å². The van der Waals surface area contributed by atoms with Gasteiger partial charge in [-0.05, 0) is 13.8 Å². The monoisotopic (exact) mass is 216 g/mol. The lowest BCUT2D eigenvalue weighted by Gasteiger charge is -2.23. The van der Waals surface area contributed by atoms with Crippen LogP contribution in [0.25, 0.3) is 0 Å². The molecule has 2 saturated heterocycles. The van der Waals surface area contributed by atoms with Crippen LogP contribution in [0.2, 0.25) is 0 Å². The van der Waals surface area contributed by atoms with Crippen molar-refractivity contribution in [2.24, 2.45) is 0 Å². The fraction of sp³-hybridized carbons (Fsp3) is 1.00. The molecule has 86 valence electrons. The van der Waals surface area contributed by atoms with Gasteiger partial charge in [-0.25, -0.2) is 0 Å². The summed E-state index contributed by atoms with van der Waals surface area (Å²) in [5.41, 5.74) is -0.584. The minimum absolute atomic E-state index is 0.215. The molecule has 0 aromatic rings. The first-order valence-electron chi connectivity index (χ1n) is 5.23. The van der Waals surface area contributed by atoms with Gasteiger partial charge >= 0.3 is 0 Å². The van der Waals surface area contributed by atoms with Crippen molar-refractivity contribution >= 4 is 0 Å². The van der Waals surface area contributed by atoms with Gasteiger partial charge in [-0.1, -0.05) is 0 Å². The van der Waals surface area contributed by atoms with Gasteiger partial charge < -0.3 is 24.1 Å². The summed E-state index contributed by atoms with van der Waals surface area (Å²) in [6.07, 6.45) is -0.737. The Bertz CT molecular complexity index is 292. The van der Waals surface area contributed by atoms with Gasteiger partial charge in [-0.3, -0.25) is 0 Å². The molecule has 3 unspecified atom stereocenters. The first-order valence-corrected chi connectivity index (χ1v) is 5.23. The van der Waals surface area contributed by atoms with Crippen LogP contribution >= 0.6 is 0 Å². The van der Waals surface area contributed by atoms with E-state index in [2.05, 4.69) is 0 Å². The second kappa shape index (κ2) is 2.73. The zero-order valence-corrected chi connectivity index (χ0v) is 9.10. The van der Waals surface area contributed by atoms with Crippen LogP contribution in [0.15, 0.2) is 0 Å². The first-order chi connectivity index (χ1) is 6.98. The van der Waals surface area contributed by atoms with Crippen LogP contribution in [0.1, 0.15) is 20.3 Å². The Morgan fingerprint density at radius 3 is 2.47 bits per heavy atom. The minimum Gasteiger partial charge on any atom is -0.390 e. The van der Waals surface area contributed by atoms with Gasteiger partial charge in [-0.2, -0.15) is 0 Å². The smallest absolute Gasteiger partial charge is 0.187 e. The summed E-state index contributed by atoms with van der Waals surface area (Å²) < 4.78 is 22.3.